The summed E-state index contributed by atoms with van der Waals surface area (Å²) in [6, 6.07) is -0.139. The van der Waals surface area contributed by atoms with Crippen LogP contribution in [0, 0.1) is 0 Å². The van der Waals surface area contributed by atoms with Gasteiger partial charge in [0.2, 0.25) is 0 Å². The minimum Gasteiger partial charge on any atom is -0.376 e. The van der Waals surface area contributed by atoms with Crippen molar-refractivity contribution in [2.45, 2.75) is 32.4 Å². The van der Waals surface area contributed by atoms with Crippen molar-refractivity contribution in [3.63, 3.8) is 0 Å². The quantitative estimate of drug-likeness (QED) is 0.772. The van der Waals surface area contributed by atoms with E-state index in [9.17, 15) is 0 Å². The Bertz CT molecular complexity index is 272. The van der Waals surface area contributed by atoms with Crippen molar-refractivity contribution in [3.8, 4) is 0 Å². The summed E-state index contributed by atoms with van der Waals surface area (Å²) in [5.74, 6) is 0.880. The molecule has 0 spiro atoms. The fourth-order valence-corrected chi connectivity index (χ4v) is 1.55. The molecule has 2 unspecified atom stereocenters. The van der Waals surface area contributed by atoms with Crippen molar-refractivity contribution in [1.29, 1.82) is 0 Å². The molecule has 0 aromatic carbocycles. The fraction of sp³-hybridized carbons (Fsp3) is 0.700. The first-order chi connectivity index (χ1) is 6.70. The normalized spacial score (nSPS) is 15.4. The third-order valence-corrected chi connectivity index (χ3v) is 2.34. The van der Waals surface area contributed by atoms with Gasteiger partial charge in [-0.05, 0) is 13.3 Å². The third kappa shape index (κ3) is 2.33. The van der Waals surface area contributed by atoms with Crippen LogP contribution in [0.5, 0.6) is 0 Å². The maximum absolute atomic E-state index is 6.07. The number of hydrogen-bond acceptors (Lipinski definition) is 3. The minimum absolute atomic E-state index is 0.0566. The number of nitrogens with zero attached hydrogens (tertiary/aromatic N) is 2. The van der Waals surface area contributed by atoms with Gasteiger partial charge in [0.25, 0.3) is 0 Å². The van der Waals surface area contributed by atoms with Crippen LogP contribution < -0.4 is 5.73 Å². The van der Waals surface area contributed by atoms with Crippen LogP contribution in [0.15, 0.2) is 12.4 Å². The Kier molecular flexibility index (Phi) is 4.10. The molecule has 2 N–H and O–H groups in total. The van der Waals surface area contributed by atoms with Crippen molar-refractivity contribution in [1.82, 2.24) is 9.55 Å². The van der Waals surface area contributed by atoms with Crippen LogP contribution in [0.2, 0.25) is 0 Å². The minimum atomic E-state index is -0.139. The van der Waals surface area contributed by atoms with Gasteiger partial charge in [0.05, 0.1) is 12.1 Å². The van der Waals surface area contributed by atoms with Crippen LogP contribution in [-0.2, 0) is 11.8 Å². The van der Waals surface area contributed by atoms with Gasteiger partial charge in [0, 0.05) is 26.0 Å². The zero-order chi connectivity index (χ0) is 10.6. The second-order valence-corrected chi connectivity index (χ2v) is 3.32. The molecular formula is C10H19N3O. The highest BCUT2D eigenvalue weighted by molar-refractivity contribution is 5.00. The summed E-state index contributed by atoms with van der Waals surface area (Å²) >= 11 is 0. The van der Waals surface area contributed by atoms with Gasteiger partial charge in [-0.15, -0.1) is 0 Å². The van der Waals surface area contributed by atoms with Gasteiger partial charge in [-0.2, -0.15) is 0 Å². The monoisotopic (exact) mass is 197 g/mol. The Morgan fingerprint density at radius 1 is 1.57 bits per heavy atom. The molecule has 0 saturated heterocycles. The van der Waals surface area contributed by atoms with Gasteiger partial charge >= 0.3 is 0 Å². The summed E-state index contributed by atoms with van der Waals surface area (Å²) in [6.07, 6.45) is 4.62. The van der Waals surface area contributed by atoms with Crippen LogP contribution in [0.3, 0.4) is 0 Å². The molecule has 0 saturated carbocycles. The molecule has 2 atom stereocenters. The van der Waals surface area contributed by atoms with Crippen LogP contribution in [0.1, 0.15) is 32.1 Å². The molecule has 1 aromatic rings. The van der Waals surface area contributed by atoms with Crippen molar-refractivity contribution in [2.75, 3.05) is 6.61 Å². The summed E-state index contributed by atoms with van der Waals surface area (Å²) in [7, 11) is 1.95. The molecule has 0 radical (unpaired) electrons. The van der Waals surface area contributed by atoms with Crippen LogP contribution >= 0.6 is 0 Å². The lowest BCUT2D eigenvalue weighted by atomic mass is 10.1. The second-order valence-electron chi connectivity index (χ2n) is 3.32. The first-order valence-corrected chi connectivity index (χ1v) is 5.05. The van der Waals surface area contributed by atoms with Gasteiger partial charge in [-0.1, -0.05) is 6.92 Å². The number of rotatable bonds is 5. The van der Waals surface area contributed by atoms with Crippen LogP contribution in [0.4, 0.5) is 0 Å². The first kappa shape index (κ1) is 11.2. The molecule has 14 heavy (non-hydrogen) atoms. The fourth-order valence-electron chi connectivity index (χ4n) is 1.55. The maximum atomic E-state index is 6.07. The highest BCUT2D eigenvalue weighted by Crippen LogP contribution is 2.16. The van der Waals surface area contributed by atoms with E-state index in [4.69, 9.17) is 10.5 Å². The van der Waals surface area contributed by atoms with Gasteiger partial charge in [-0.25, -0.2) is 4.98 Å². The summed E-state index contributed by atoms with van der Waals surface area (Å²) < 4.78 is 7.49. The van der Waals surface area contributed by atoms with E-state index in [1.165, 1.54) is 0 Å². The molecule has 0 aliphatic heterocycles. The summed E-state index contributed by atoms with van der Waals surface area (Å²) in [5.41, 5.74) is 6.07. The average molecular weight is 197 g/mol. The van der Waals surface area contributed by atoms with Crippen LogP contribution in [0.25, 0.3) is 0 Å². The van der Waals surface area contributed by atoms with Crippen molar-refractivity contribution in [3.05, 3.63) is 18.2 Å². The van der Waals surface area contributed by atoms with E-state index in [1.54, 1.807) is 6.20 Å². The van der Waals surface area contributed by atoms with Gasteiger partial charge in [-0.3, -0.25) is 0 Å². The molecular weight excluding hydrogens is 178 g/mol. The molecule has 0 aliphatic rings. The van der Waals surface area contributed by atoms with Crippen molar-refractivity contribution < 1.29 is 4.74 Å². The van der Waals surface area contributed by atoms with E-state index < -0.39 is 0 Å². The number of nitrogens with two attached hydrogens (primary N) is 1. The summed E-state index contributed by atoms with van der Waals surface area (Å²) in [6.45, 7) is 4.74. The Morgan fingerprint density at radius 2 is 2.29 bits per heavy atom. The summed E-state index contributed by atoms with van der Waals surface area (Å²) in [4.78, 5) is 4.22. The maximum Gasteiger partial charge on any atom is 0.128 e. The molecule has 0 bridgehead atoms. The standard InChI is InChI=1S/C10H19N3O/c1-4-8(14-5-2)9(11)10-12-6-7-13(10)3/h6-9H,4-5,11H2,1-3H3. The topological polar surface area (TPSA) is 53.1 Å². The molecule has 0 amide bonds. The molecule has 80 valence electrons. The van der Waals surface area contributed by atoms with E-state index >= 15 is 0 Å². The number of aryl methyl sites for hydroxylation is 1. The molecule has 0 aliphatic carbocycles. The molecule has 1 aromatic heterocycles. The second kappa shape index (κ2) is 5.12. The van der Waals surface area contributed by atoms with Gasteiger partial charge in [0.15, 0.2) is 0 Å². The van der Waals surface area contributed by atoms with Crippen molar-refractivity contribution >= 4 is 0 Å². The Morgan fingerprint density at radius 3 is 2.71 bits per heavy atom. The number of aromatic nitrogens is 2. The van der Waals surface area contributed by atoms with Gasteiger partial charge in [0.1, 0.15) is 5.82 Å². The third-order valence-electron chi connectivity index (χ3n) is 2.34. The zero-order valence-corrected chi connectivity index (χ0v) is 9.10. The molecule has 4 nitrogen and oxygen atoms in total. The van der Waals surface area contributed by atoms with Gasteiger partial charge < -0.3 is 15.0 Å². The van der Waals surface area contributed by atoms with E-state index in [0.717, 1.165) is 12.2 Å². The Hall–Kier alpha value is -0.870. The molecule has 4 heteroatoms. The molecule has 0 fully saturated rings. The lowest BCUT2D eigenvalue weighted by molar-refractivity contribution is 0.0388. The summed E-state index contributed by atoms with van der Waals surface area (Å²) in [5, 5.41) is 0. The largest absolute Gasteiger partial charge is 0.376 e. The molecule has 1 heterocycles. The zero-order valence-electron chi connectivity index (χ0n) is 9.10. The van der Waals surface area contributed by atoms with E-state index in [-0.39, 0.29) is 12.1 Å². The highest BCUT2D eigenvalue weighted by Gasteiger charge is 2.21. The predicted octanol–water partition coefficient (Wildman–Crippen LogP) is 1.24. The molecule has 1 rings (SSSR count). The lowest BCUT2D eigenvalue weighted by Crippen LogP contribution is -2.30. The van der Waals surface area contributed by atoms with E-state index in [2.05, 4.69) is 11.9 Å². The lowest BCUT2D eigenvalue weighted by Gasteiger charge is -2.21. The average Bonchev–Trinajstić information content (AvgIpc) is 2.59. The van der Waals surface area contributed by atoms with E-state index in [1.807, 2.05) is 24.7 Å². The number of ether oxygens (including phenoxy) is 1. The number of imidazole rings is 1. The Balaban J connectivity index is 2.72. The smallest absolute Gasteiger partial charge is 0.128 e. The SMILES string of the molecule is CCOC(CC)C(N)c1nccn1C. The Labute approximate surface area is 85.1 Å². The van der Waals surface area contributed by atoms with Crippen LogP contribution in [-0.4, -0.2) is 22.3 Å². The highest BCUT2D eigenvalue weighted by atomic mass is 16.5. The predicted molar refractivity (Wildman–Crippen MR) is 55.8 cm³/mol. The van der Waals surface area contributed by atoms with Crippen molar-refractivity contribution in [2.24, 2.45) is 12.8 Å². The number of hydrogen-bond donors (Lipinski definition) is 1. The first-order valence-electron chi connectivity index (χ1n) is 5.05. The van der Waals surface area contributed by atoms with E-state index in [0.29, 0.717) is 6.61 Å².